The number of methoxy groups -OCH3 is 1. The number of carboxylic acid groups (broad SMARTS) is 1. The summed E-state index contributed by atoms with van der Waals surface area (Å²) in [5.74, 6) is -0.158. The van der Waals surface area contributed by atoms with Crippen LogP contribution in [-0.2, 0) is 4.79 Å². The zero-order valence-corrected chi connectivity index (χ0v) is 9.65. The van der Waals surface area contributed by atoms with Gasteiger partial charge in [-0.2, -0.15) is 0 Å². The molecule has 4 nitrogen and oxygen atoms in total. The molecule has 4 heteroatoms. The second-order valence-corrected chi connectivity index (χ2v) is 3.57. The predicted octanol–water partition coefficient (Wildman–Crippen LogP) is 2.57. The molecule has 0 bridgehead atoms. The average Bonchev–Trinajstić information content (AvgIpc) is 2.20. The molecule has 0 aliphatic heterocycles. The number of aliphatic imine (C=N–C) groups is 1. The summed E-state index contributed by atoms with van der Waals surface area (Å²) >= 11 is 0. The molecular formula is C12H15NO3. The summed E-state index contributed by atoms with van der Waals surface area (Å²) in [5.41, 5.74) is 2.31. The summed E-state index contributed by atoms with van der Waals surface area (Å²) in [5, 5.41) is 8.63. The molecule has 0 atom stereocenters. The van der Waals surface area contributed by atoms with E-state index in [1.807, 2.05) is 19.1 Å². The third kappa shape index (κ3) is 3.38. The molecule has 0 aliphatic rings. The second-order valence-electron chi connectivity index (χ2n) is 3.57. The van der Waals surface area contributed by atoms with Crippen LogP contribution in [0.5, 0.6) is 5.75 Å². The highest BCUT2D eigenvalue weighted by Gasteiger charge is 2.03. The summed E-state index contributed by atoms with van der Waals surface area (Å²) in [6.45, 7) is 3.62. The lowest BCUT2D eigenvalue weighted by atomic mass is 10.2. The molecule has 1 aromatic rings. The Bertz CT molecular complexity index is 424. The van der Waals surface area contributed by atoms with Crippen molar-refractivity contribution in [3.63, 3.8) is 0 Å². The number of carboxylic acids is 1. The number of benzene rings is 1. The van der Waals surface area contributed by atoms with Crippen LogP contribution in [0.3, 0.4) is 0 Å². The molecule has 1 aromatic carbocycles. The van der Waals surface area contributed by atoms with Gasteiger partial charge in [-0.05, 0) is 25.5 Å². The average molecular weight is 221 g/mol. The highest BCUT2D eigenvalue weighted by atomic mass is 16.5. The highest BCUT2D eigenvalue weighted by Crippen LogP contribution is 2.24. The number of carbonyl (C=O) groups is 1. The Morgan fingerprint density at radius 2 is 2.19 bits per heavy atom. The van der Waals surface area contributed by atoms with E-state index < -0.39 is 5.97 Å². The SMILES string of the molecule is COc1ccc(C)c(N=C(C)CC(=O)O)c1. The van der Waals surface area contributed by atoms with Crippen molar-refractivity contribution in [3.8, 4) is 5.75 Å². The monoisotopic (exact) mass is 221 g/mol. The maximum Gasteiger partial charge on any atom is 0.309 e. The Balaban J connectivity index is 2.98. The van der Waals surface area contributed by atoms with Gasteiger partial charge in [0.15, 0.2) is 0 Å². The minimum Gasteiger partial charge on any atom is -0.497 e. The zero-order chi connectivity index (χ0) is 12.1. The number of aryl methyl sites for hydroxylation is 1. The van der Waals surface area contributed by atoms with E-state index in [0.29, 0.717) is 11.5 Å². The van der Waals surface area contributed by atoms with Crippen LogP contribution < -0.4 is 4.74 Å². The molecule has 0 spiro atoms. The van der Waals surface area contributed by atoms with Crippen molar-refractivity contribution in [2.24, 2.45) is 4.99 Å². The zero-order valence-electron chi connectivity index (χ0n) is 9.65. The first-order chi connectivity index (χ1) is 7.52. The number of aliphatic carboxylic acids is 1. The van der Waals surface area contributed by atoms with Crippen molar-refractivity contribution >= 4 is 17.4 Å². The Labute approximate surface area is 94.6 Å². The molecule has 0 saturated carbocycles. The standard InChI is InChI=1S/C12H15NO3/c1-8-4-5-10(16-3)7-11(8)13-9(2)6-12(14)15/h4-5,7H,6H2,1-3H3,(H,14,15). The van der Waals surface area contributed by atoms with Crippen LogP contribution >= 0.6 is 0 Å². The van der Waals surface area contributed by atoms with E-state index >= 15 is 0 Å². The number of hydrogen-bond acceptors (Lipinski definition) is 3. The molecule has 1 N–H and O–H groups in total. The molecule has 1 rings (SSSR count). The van der Waals surface area contributed by atoms with Crippen LogP contribution in [0.2, 0.25) is 0 Å². The highest BCUT2D eigenvalue weighted by molar-refractivity contribution is 5.98. The van der Waals surface area contributed by atoms with E-state index in [4.69, 9.17) is 9.84 Å². The lowest BCUT2D eigenvalue weighted by Crippen LogP contribution is -2.02. The number of ether oxygens (including phenoxy) is 1. The summed E-state index contributed by atoms with van der Waals surface area (Å²) in [6.07, 6.45) is -0.0450. The second kappa shape index (κ2) is 5.30. The topological polar surface area (TPSA) is 58.9 Å². The van der Waals surface area contributed by atoms with Crippen molar-refractivity contribution in [2.75, 3.05) is 7.11 Å². The maximum absolute atomic E-state index is 10.5. The fraction of sp³-hybridized carbons (Fsp3) is 0.333. The summed E-state index contributed by atoms with van der Waals surface area (Å²) in [7, 11) is 1.59. The van der Waals surface area contributed by atoms with Gasteiger partial charge in [-0.1, -0.05) is 6.07 Å². The van der Waals surface area contributed by atoms with E-state index in [1.165, 1.54) is 0 Å². The minimum atomic E-state index is -0.873. The van der Waals surface area contributed by atoms with Gasteiger partial charge in [-0.3, -0.25) is 9.79 Å². The quantitative estimate of drug-likeness (QED) is 0.795. The molecule has 0 heterocycles. The summed E-state index contributed by atoms with van der Waals surface area (Å²) in [6, 6.07) is 5.54. The maximum atomic E-state index is 10.5. The molecular weight excluding hydrogens is 206 g/mol. The van der Waals surface area contributed by atoms with Crippen LogP contribution in [0.1, 0.15) is 18.9 Å². The van der Waals surface area contributed by atoms with Crippen LogP contribution in [0.15, 0.2) is 23.2 Å². The molecule has 86 valence electrons. The van der Waals surface area contributed by atoms with Crippen LogP contribution in [-0.4, -0.2) is 23.9 Å². The molecule has 16 heavy (non-hydrogen) atoms. The van der Waals surface area contributed by atoms with Gasteiger partial charge in [0.2, 0.25) is 0 Å². The van der Waals surface area contributed by atoms with Gasteiger partial charge in [0, 0.05) is 11.8 Å². The van der Waals surface area contributed by atoms with Gasteiger partial charge in [0.1, 0.15) is 5.75 Å². The van der Waals surface area contributed by atoms with E-state index in [1.54, 1.807) is 20.1 Å². The Kier molecular flexibility index (Phi) is 4.05. The Morgan fingerprint density at radius 1 is 1.50 bits per heavy atom. The number of nitrogens with zero attached hydrogens (tertiary/aromatic N) is 1. The minimum absolute atomic E-state index is 0.0450. The molecule has 0 saturated heterocycles. The molecule has 0 amide bonds. The normalized spacial score (nSPS) is 11.3. The van der Waals surface area contributed by atoms with Gasteiger partial charge >= 0.3 is 5.97 Å². The Hall–Kier alpha value is -1.84. The lowest BCUT2D eigenvalue weighted by Gasteiger charge is -2.05. The first-order valence-corrected chi connectivity index (χ1v) is 4.93. The van der Waals surface area contributed by atoms with Gasteiger partial charge in [-0.25, -0.2) is 0 Å². The van der Waals surface area contributed by atoms with E-state index in [-0.39, 0.29) is 6.42 Å². The summed E-state index contributed by atoms with van der Waals surface area (Å²) in [4.78, 5) is 14.8. The smallest absolute Gasteiger partial charge is 0.309 e. The number of hydrogen-bond donors (Lipinski definition) is 1. The number of rotatable bonds is 4. The third-order valence-corrected chi connectivity index (χ3v) is 2.13. The predicted molar refractivity (Wildman–Crippen MR) is 62.8 cm³/mol. The summed E-state index contributed by atoms with van der Waals surface area (Å²) < 4.78 is 5.09. The molecule has 0 unspecified atom stereocenters. The molecule has 0 aromatic heterocycles. The molecule has 0 fully saturated rings. The first kappa shape index (κ1) is 12.2. The fourth-order valence-corrected chi connectivity index (χ4v) is 1.30. The van der Waals surface area contributed by atoms with Gasteiger partial charge in [0.05, 0.1) is 19.2 Å². The Morgan fingerprint density at radius 3 is 2.75 bits per heavy atom. The van der Waals surface area contributed by atoms with E-state index in [0.717, 1.165) is 11.3 Å². The van der Waals surface area contributed by atoms with E-state index in [2.05, 4.69) is 4.99 Å². The van der Waals surface area contributed by atoms with Gasteiger partial charge in [0.25, 0.3) is 0 Å². The lowest BCUT2D eigenvalue weighted by molar-refractivity contribution is -0.135. The van der Waals surface area contributed by atoms with E-state index in [9.17, 15) is 4.79 Å². The van der Waals surface area contributed by atoms with Crippen LogP contribution in [0.4, 0.5) is 5.69 Å². The van der Waals surface area contributed by atoms with Crippen molar-refractivity contribution in [1.82, 2.24) is 0 Å². The van der Waals surface area contributed by atoms with Gasteiger partial charge in [-0.15, -0.1) is 0 Å². The first-order valence-electron chi connectivity index (χ1n) is 4.93. The van der Waals surface area contributed by atoms with Crippen LogP contribution in [0, 0.1) is 6.92 Å². The van der Waals surface area contributed by atoms with Crippen LogP contribution in [0.25, 0.3) is 0 Å². The van der Waals surface area contributed by atoms with Crippen molar-refractivity contribution < 1.29 is 14.6 Å². The largest absolute Gasteiger partial charge is 0.497 e. The molecule has 0 radical (unpaired) electrons. The molecule has 0 aliphatic carbocycles. The fourth-order valence-electron chi connectivity index (χ4n) is 1.30. The third-order valence-electron chi connectivity index (χ3n) is 2.13. The van der Waals surface area contributed by atoms with Crippen molar-refractivity contribution in [1.29, 1.82) is 0 Å². The van der Waals surface area contributed by atoms with Gasteiger partial charge < -0.3 is 9.84 Å². The van der Waals surface area contributed by atoms with Crippen molar-refractivity contribution in [2.45, 2.75) is 20.3 Å². The van der Waals surface area contributed by atoms with Crippen molar-refractivity contribution in [3.05, 3.63) is 23.8 Å².